The lowest BCUT2D eigenvalue weighted by Gasteiger charge is -2.16. The minimum atomic E-state index is 0.969. The van der Waals surface area contributed by atoms with Crippen LogP contribution in [0.15, 0.2) is 24.3 Å². The Morgan fingerprint density at radius 1 is 0.471 bits per heavy atom. The molecular formula is C33H65N+. The lowest BCUT2D eigenvalue weighted by atomic mass is 9.91. The third-order valence-corrected chi connectivity index (χ3v) is 7.26. The Hall–Kier alpha value is -0.560. The van der Waals surface area contributed by atoms with Crippen molar-refractivity contribution in [1.82, 2.24) is 4.90 Å². The third kappa shape index (κ3) is 27.7. The summed E-state index contributed by atoms with van der Waals surface area (Å²) in [6.45, 7) is 5.85. The summed E-state index contributed by atoms with van der Waals surface area (Å²) in [6.07, 6.45) is 41.7. The van der Waals surface area contributed by atoms with Crippen molar-refractivity contribution in [2.45, 2.75) is 162 Å². The van der Waals surface area contributed by atoms with Gasteiger partial charge in [0.25, 0.3) is 0 Å². The maximum Gasteiger partial charge on any atom is 0.122 e. The summed E-state index contributed by atoms with van der Waals surface area (Å²) in [5.41, 5.74) is 0. The van der Waals surface area contributed by atoms with E-state index in [1.54, 1.807) is 0 Å². The van der Waals surface area contributed by atoms with E-state index in [0.717, 1.165) is 12.3 Å². The van der Waals surface area contributed by atoms with Crippen molar-refractivity contribution < 1.29 is 0 Å². The highest BCUT2D eigenvalue weighted by Gasteiger charge is 2.12. The van der Waals surface area contributed by atoms with Crippen molar-refractivity contribution in [3.8, 4) is 0 Å². The van der Waals surface area contributed by atoms with Gasteiger partial charge in [-0.05, 0) is 38.0 Å². The molecule has 0 aliphatic heterocycles. The number of nitrogens with zero attached hydrogens (tertiary/aromatic N) is 1. The topological polar surface area (TPSA) is 5.90 Å². The molecule has 0 aromatic carbocycles. The predicted octanol–water partition coefficient (Wildman–Crippen LogP) is 11.1. The first-order valence-corrected chi connectivity index (χ1v) is 15.6. The number of hydrogen-bond donors (Lipinski definition) is 0. The number of unbranched alkanes of at least 4 members (excludes halogenated alkanes) is 16. The highest BCUT2D eigenvalue weighted by Crippen LogP contribution is 2.22. The molecule has 0 aliphatic carbocycles. The summed E-state index contributed by atoms with van der Waals surface area (Å²) in [6, 6.07) is 0. The van der Waals surface area contributed by atoms with Crippen molar-refractivity contribution in [1.29, 1.82) is 0 Å². The van der Waals surface area contributed by atoms with Crippen LogP contribution in [0.3, 0.4) is 0 Å². The van der Waals surface area contributed by atoms with E-state index in [4.69, 9.17) is 0 Å². The second-order valence-electron chi connectivity index (χ2n) is 11.1. The van der Waals surface area contributed by atoms with Crippen LogP contribution in [0, 0.1) is 5.92 Å². The van der Waals surface area contributed by atoms with Gasteiger partial charge in [0.05, 0.1) is 0 Å². The van der Waals surface area contributed by atoms with E-state index in [0.29, 0.717) is 0 Å². The minimum Gasteiger partial charge on any atom is -0.175 e. The average molecular weight is 476 g/mol. The fourth-order valence-electron chi connectivity index (χ4n) is 4.86. The van der Waals surface area contributed by atoms with E-state index in [1.807, 2.05) is 0 Å². The van der Waals surface area contributed by atoms with Crippen molar-refractivity contribution in [3.05, 3.63) is 24.3 Å². The summed E-state index contributed by atoms with van der Waals surface area (Å²) in [4.78, 5) is 2.37. The Kier molecular flexibility index (Phi) is 28.2. The molecule has 1 heteroatoms. The first-order valence-electron chi connectivity index (χ1n) is 15.6. The normalized spacial score (nSPS) is 13.1. The lowest BCUT2D eigenvalue weighted by Crippen LogP contribution is -2.22. The fourth-order valence-corrected chi connectivity index (χ4v) is 4.86. The van der Waals surface area contributed by atoms with Gasteiger partial charge in [0.15, 0.2) is 0 Å². The Balaban J connectivity index is 3.61. The SMILES string of the molecule is CCCCC/C=C\C/C=C\CCCCCCCCCC(CCCCCCCCC)CC[N+](C)C. The average Bonchev–Trinajstić information content (AvgIpc) is 2.83. The van der Waals surface area contributed by atoms with Crippen LogP contribution in [0.4, 0.5) is 0 Å². The maximum atomic E-state index is 2.40. The van der Waals surface area contributed by atoms with E-state index in [9.17, 15) is 0 Å². The van der Waals surface area contributed by atoms with E-state index in [1.165, 1.54) is 148 Å². The molecule has 0 spiro atoms. The smallest absolute Gasteiger partial charge is 0.122 e. The van der Waals surface area contributed by atoms with Crippen LogP contribution in [0.5, 0.6) is 0 Å². The minimum absolute atomic E-state index is 0.969. The summed E-state index contributed by atoms with van der Waals surface area (Å²) >= 11 is 0. The van der Waals surface area contributed by atoms with E-state index >= 15 is 0 Å². The van der Waals surface area contributed by atoms with Gasteiger partial charge in [-0.25, -0.2) is 0 Å². The van der Waals surface area contributed by atoms with Gasteiger partial charge in [-0.2, -0.15) is 4.90 Å². The maximum absolute atomic E-state index is 2.40. The van der Waals surface area contributed by atoms with Gasteiger partial charge in [0.2, 0.25) is 0 Å². The van der Waals surface area contributed by atoms with Gasteiger partial charge >= 0.3 is 0 Å². The van der Waals surface area contributed by atoms with Gasteiger partial charge in [-0.3, -0.25) is 0 Å². The molecule has 0 saturated carbocycles. The molecule has 0 bridgehead atoms. The fraction of sp³-hybridized carbons (Fsp3) is 0.879. The highest BCUT2D eigenvalue weighted by atomic mass is 15.0. The quantitative estimate of drug-likeness (QED) is 0.0632. The second kappa shape index (κ2) is 28.7. The summed E-state index contributed by atoms with van der Waals surface area (Å²) in [5, 5.41) is 0. The zero-order chi connectivity index (χ0) is 25.0. The Morgan fingerprint density at radius 2 is 0.882 bits per heavy atom. The first-order chi connectivity index (χ1) is 16.7. The zero-order valence-electron chi connectivity index (χ0n) is 24.3. The first kappa shape index (κ1) is 33.4. The summed E-state index contributed by atoms with van der Waals surface area (Å²) < 4.78 is 0. The van der Waals surface area contributed by atoms with E-state index < -0.39 is 0 Å². The van der Waals surface area contributed by atoms with Gasteiger partial charge in [0, 0.05) is 6.42 Å². The standard InChI is InChI=1S/C33H65N/c1-5-7-9-11-13-14-15-16-17-18-19-20-21-22-24-26-28-30-33(31-32-34(3)4)29-27-25-23-12-10-8-6-2/h13-14,16-17,33H,5-12,15,18-32H2,1-4H3/q+1/b14-13-,17-16-. The highest BCUT2D eigenvalue weighted by molar-refractivity contribution is 4.92. The van der Waals surface area contributed by atoms with Crippen LogP contribution in [0.1, 0.15) is 162 Å². The molecule has 0 amide bonds. The molecule has 34 heavy (non-hydrogen) atoms. The molecule has 1 radical (unpaired) electrons. The van der Waals surface area contributed by atoms with Crippen LogP contribution in [0.25, 0.3) is 0 Å². The number of allylic oxidation sites excluding steroid dienone is 4. The van der Waals surface area contributed by atoms with Gasteiger partial charge in [0.1, 0.15) is 20.6 Å². The van der Waals surface area contributed by atoms with Crippen molar-refractivity contribution in [2.75, 3.05) is 20.6 Å². The Bertz CT molecular complexity index is 422. The number of rotatable bonds is 27. The zero-order valence-corrected chi connectivity index (χ0v) is 24.3. The molecule has 0 fully saturated rings. The van der Waals surface area contributed by atoms with Gasteiger partial charge in [-0.15, -0.1) is 0 Å². The van der Waals surface area contributed by atoms with Gasteiger partial charge < -0.3 is 0 Å². The Morgan fingerprint density at radius 3 is 1.38 bits per heavy atom. The molecule has 201 valence electrons. The number of hydrogen-bond acceptors (Lipinski definition) is 1. The molecule has 0 aliphatic rings. The molecule has 1 nitrogen and oxygen atoms in total. The van der Waals surface area contributed by atoms with Crippen molar-refractivity contribution >= 4 is 0 Å². The molecule has 0 rings (SSSR count). The van der Waals surface area contributed by atoms with Crippen LogP contribution in [-0.2, 0) is 0 Å². The van der Waals surface area contributed by atoms with E-state index in [2.05, 4.69) is 57.1 Å². The molecule has 0 aromatic heterocycles. The van der Waals surface area contributed by atoms with Crippen LogP contribution in [-0.4, -0.2) is 20.6 Å². The summed E-state index contributed by atoms with van der Waals surface area (Å²) in [5.74, 6) is 0.969. The van der Waals surface area contributed by atoms with Crippen LogP contribution in [0.2, 0.25) is 0 Å². The van der Waals surface area contributed by atoms with Crippen LogP contribution < -0.4 is 4.90 Å². The third-order valence-electron chi connectivity index (χ3n) is 7.26. The largest absolute Gasteiger partial charge is 0.175 e. The second-order valence-corrected chi connectivity index (χ2v) is 11.1. The molecule has 0 aromatic rings. The predicted molar refractivity (Wildman–Crippen MR) is 158 cm³/mol. The van der Waals surface area contributed by atoms with Crippen LogP contribution >= 0.6 is 0 Å². The molecule has 0 saturated heterocycles. The lowest BCUT2D eigenvalue weighted by molar-refractivity contribution is 0.356. The molecule has 1 unspecified atom stereocenters. The monoisotopic (exact) mass is 476 g/mol. The molecule has 1 atom stereocenters. The van der Waals surface area contributed by atoms with Crippen molar-refractivity contribution in [3.63, 3.8) is 0 Å². The molecule has 0 heterocycles. The van der Waals surface area contributed by atoms with E-state index in [-0.39, 0.29) is 0 Å². The Labute approximate surface area is 217 Å². The van der Waals surface area contributed by atoms with Gasteiger partial charge in [-0.1, -0.05) is 147 Å². The molecular weight excluding hydrogens is 410 g/mol. The summed E-state index contributed by atoms with van der Waals surface area (Å²) in [7, 11) is 4.46. The van der Waals surface area contributed by atoms with Crippen molar-refractivity contribution in [2.24, 2.45) is 5.92 Å². The molecule has 0 N–H and O–H groups in total.